The number of rotatable bonds is 1. The molecule has 0 amide bonds. The Bertz CT molecular complexity index is 1140. The second kappa shape index (κ2) is 6.89. The predicted octanol–water partition coefficient (Wildman–Crippen LogP) is 2.18. The minimum absolute atomic E-state index is 0.822. The molecule has 0 aliphatic rings. The lowest BCUT2D eigenvalue weighted by molar-refractivity contribution is -1.92. The van der Waals surface area contributed by atoms with Crippen molar-refractivity contribution in [2.24, 2.45) is 0 Å². The Morgan fingerprint density at radius 1 is 0.679 bits per heavy atom. The molecule has 5 aromatic rings. The number of hydrogen-bond donors (Lipinski definition) is 0. The molecule has 0 bridgehead atoms. The monoisotopic (exact) mass is 394 g/mol. The van der Waals surface area contributed by atoms with Crippen molar-refractivity contribution in [2.45, 2.75) is 6.92 Å². The molecular formula is C22H15ClO5. The summed E-state index contributed by atoms with van der Waals surface area (Å²) in [5.74, 6) is -1.14. The lowest BCUT2D eigenvalue weighted by Crippen LogP contribution is -2.61. The minimum Gasteiger partial charge on any atom is -0.235 e. The van der Waals surface area contributed by atoms with Crippen LogP contribution in [0.25, 0.3) is 43.1 Å². The fourth-order valence-electron chi connectivity index (χ4n) is 3.71. The zero-order chi connectivity index (χ0) is 19.9. The van der Waals surface area contributed by atoms with Crippen molar-refractivity contribution in [2.75, 3.05) is 0 Å². The number of hydrogen-bond acceptors (Lipinski definition) is 5. The van der Waals surface area contributed by atoms with Crippen LogP contribution >= 0.6 is 0 Å². The van der Waals surface area contributed by atoms with Crippen LogP contribution in [0.5, 0.6) is 0 Å². The van der Waals surface area contributed by atoms with Gasteiger partial charge in [-0.05, 0) is 47.4 Å². The van der Waals surface area contributed by atoms with Crippen LogP contribution in [0.1, 0.15) is 6.92 Å². The van der Waals surface area contributed by atoms with Gasteiger partial charge in [-0.2, -0.15) is 14.0 Å². The molecule has 0 heterocycles. The molecule has 140 valence electrons. The summed E-state index contributed by atoms with van der Waals surface area (Å²) in [6.45, 7) is 0.822. The van der Waals surface area contributed by atoms with Crippen LogP contribution in [-0.2, 0) is 9.08 Å². The maximum Gasteiger partial charge on any atom is 0.460 e. The summed E-state index contributed by atoms with van der Waals surface area (Å²) in [6.07, 6.45) is 0. The molecular weight excluding hydrogens is 380 g/mol. The molecule has 0 fully saturated rings. The quantitative estimate of drug-likeness (QED) is 0.321. The van der Waals surface area contributed by atoms with Gasteiger partial charge in [-0.1, -0.05) is 72.8 Å². The van der Waals surface area contributed by atoms with Gasteiger partial charge in [0.05, 0.1) is 6.92 Å². The molecule has 0 radical (unpaired) electrons. The van der Waals surface area contributed by atoms with Crippen LogP contribution < -0.4 is 14.0 Å². The maximum atomic E-state index is 9.65. The van der Waals surface area contributed by atoms with Crippen molar-refractivity contribution in [1.29, 1.82) is 0 Å². The van der Waals surface area contributed by atoms with Gasteiger partial charge in [-0.25, -0.2) is 4.79 Å². The van der Waals surface area contributed by atoms with E-state index in [1.165, 1.54) is 43.1 Å². The van der Waals surface area contributed by atoms with E-state index in [9.17, 15) is 18.8 Å². The number of halogens is 1. The molecule has 0 saturated carbocycles. The van der Waals surface area contributed by atoms with Crippen molar-refractivity contribution in [3.63, 3.8) is 0 Å². The Hall–Kier alpha value is -2.96. The summed E-state index contributed by atoms with van der Waals surface area (Å²) in [5.41, 5.74) is 0. The highest BCUT2D eigenvalue weighted by Gasteiger charge is 2.20. The van der Waals surface area contributed by atoms with Crippen molar-refractivity contribution < 1.29 is 33.3 Å². The van der Waals surface area contributed by atoms with E-state index in [4.69, 9.17) is 0 Å². The third kappa shape index (κ3) is 3.32. The van der Waals surface area contributed by atoms with E-state index in [0.717, 1.165) is 6.92 Å². The van der Waals surface area contributed by atoms with E-state index in [2.05, 4.69) is 77.1 Å². The van der Waals surface area contributed by atoms with Gasteiger partial charge >= 0.3 is 5.97 Å². The first-order chi connectivity index (χ1) is 13.3. The van der Waals surface area contributed by atoms with Crippen molar-refractivity contribution >= 4 is 49.1 Å². The first-order valence-corrected chi connectivity index (χ1v) is 9.74. The summed E-state index contributed by atoms with van der Waals surface area (Å²) in [4.78, 5) is 9.65. The van der Waals surface area contributed by atoms with Gasteiger partial charge in [0.25, 0.3) is 0 Å². The van der Waals surface area contributed by atoms with E-state index >= 15 is 0 Å². The zero-order valence-corrected chi connectivity index (χ0v) is 15.6. The summed E-state index contributed by atoms with van der Waals surface area (Å²) in [5, 5.41) is 10.9. The molecule has 0 spiro atoms. The normalized spacial score (nSPS) is 11.7. The standard InChI is InChI=1S/C20H12.C2H3ClO5/c1-5-13-6-2-11-17-18-12-4-8-14-7-3-10-16(20(14)18)15(9-1)19(13)17;1-2(4)8-3(5,6)7/h1-12H;1H3. The molecule has 0 atom stereocenters. The molecule has 5 rings (SSSR count). The third-order valence-electron chi connectivity index (χ3n) is 4.59. The Morgan fingerprint density at radius 3 is 1.21 bits per heavy atom. The van der Waals surface area contributed by atoms with Crippen molar-refractivity contribution in [1.82, 2.24) is 0 Å². The molecule has 6 heteroatoms. The predicted molar refractivity (Wildman–Crippen MR) is 99.4 cm³/mol. The molecule has 5 nitrogen and oxygen atoms in total. The van der Waals surface area contributed by atoms with Gasteiger partial charge in [-0.15, -0.1) is 0 Å². The lowest BCUT2D eigenvalue weighted by atomic mass is 9.90. The van der Waals surface area contributed by atoms with Crippen LogP contribution in [0, 0.1) is 10.2 Å². The van der Waals surface area contributed by atoms with E-state index < -0.39 is 16.2 Å². The Balaban J connectivity index is 0.000000208. The molecule has 0 aliphatic heterocycles. The molecule has 0 N–H and O–H groups in total. The number of carbonyl (C=O) groups is 1. The van der Waals surface area contributed by atoms with Crippen molar-refractivity contribution in [3.05, 3.63) is 72.8 Å². The Kier molecular flexibility index (Phi) is 4.53. The van der Waals surface area contributed by atoms with E-state index in [1.807, 2.05) is 0 Å². The molecule has 0 unspecified atom stereocenters. The average Bonchev–Trinajstić information content (AvgIpc) is 2.64. The van der Waals surface area contributed by atoms with E-state index in [1.54, 1.807) is 0 Å². The molecule has 5 aromatic carbocycles. The van der Waals surface area contributed by atoms with Crippen LogP contribution in [-0.4, -0.2) is 5.97 Å². The van der Waals surface area contributed by atoms with Crippen LogP contribution in [0.2, 0.25) is 0 Å². The first kappa shape index (κ1) is 18.4. The fraction of sp³-hybridized carbons (Fsp3) is 0.0455. The smallest absolute Gasteiger partial charge is 0.235 e. The molecule has 0 saturated heterocycles. The second-order valence-electron chi connectivity index (χ2n) is 6.37. The fourth-order valence-corrected chi connectivity index (χ4v) is 3.98. The summed E-state index contributed by atoms with van der Waals surface area (Å²) >= 11 is 0. The zero-order valence-electron chi connectivity index (χ0n) is 14.8. The van der Waals surface area contributed by atoms with Gasteiger partial charge in [0.2, 0.25) is 0 Å². The SMILES string of the molecule is CC(=O)O[Cl+3]([O-])([O-])[O-].c1cc2cccc3c4cccc5cccc(c(c1)c23)c54. The Labute approximate surface area is 162 Å². The van der Waals surface area contributed by atoms with Crippen LogP contribution in [0.3, 0.4) is 0 Å². The summed E-state index contributed by atoms with van der Waals surface area (Å²) in [7, 11) is -4.57. The highest BCUT2D eigenvalue weighted by atomic mass is 35.7. The van der Waals surface area contributed by atoms with Gasteiger partial charge < -0.3 is 0 Å². The van der Waals surface area contributed by atoms with Gasteiger partial charge in [0.15, 0.2) is 0 Å². The number of carbonyl (C=O) groups excluding carboxylic acids is 1. The average molecular weight is 395 g/mol. The van der Waals surface area contributed by atoms with Gasteiger partial charge in [0.1, 0.15) is 10.2 Å². The number of fused-ring (bicyclic) bond motifs is 2. The third-order valence-corrected chi connectivity index (χ3v) is 5.00. The van der Waals surface area contributed by atoms with Gasteiger partial charge in [0, 0.05) is 0 Å². The topological polar surface area (TPSA) is 95.5 Å². The van der Waals surface area contributed by atoms with Crippen molar-refractivity contribution in [3.8, 4) is 0 Å². The van der Waals surface area contributed by atoms with Gasteiger partial charge in [-0.3, -0.25) is 0 Å². The highest BCUT2D eigenvalue weighted by Crippen LogP contribution is 2.39. The summed E-state index contributed by atoms with van der Waals surface area (Å²) < 4.78 is 31.4. The van der Waals surface area contributed by atoms with Crippen LogP contribution in [0.4, 0.5) is 0 Å². The van der Waals surface area contributed by atoms with E-state index in [0.29, 0.717) is 0 Å². The maximum absolute atomic E-state index is 9.65. The summed E-state index contributed by atoms with van der Waals surface area (Å²) in [6, 6.07) is 26.4. The highest BCUT2D eigenvalue weighted by molar-refractivity contribution is 6.32. The molecule has 28 heavy (non-hydrogen) atoms. The molecule has 0 aliphatic carbocycles. The van der Waals surface area contributed by atoms with E-state index in [-0.39, 0.29) is 0 Å². The van der Waals surface area contributed by atoms with Crippen LogP contribution in [0.15, 0.2) is 72.8 Å². The number of benzene rings is 5. The minimum atomic E-state index is -4.57. The molecule has 0 aromatic heterocycles. The first-order valence-electron chi connectivity index (χ1n) is 8.50. The lowest BCUT2D eigenvalue weighted by Gasteiger charge is -2.13. The Morgan fingerprint density at radius 2 is 1.00 bits per heavy atom. The second-order valence-corrected chi connectivity index (χ2v) is 7.28. The largest absolute Gasteiger partial charge is 0.460 e.